The molecule has 0 aromatic heterocycles. The van der Waals surface area contributed by atoms with E-state index in [1.807, 2.05) is 13.1 Å². The number of nitrogens with zero attached hydrogens (tertiary/aromatic N) is 1. The molecule has 0 saturated carbocycles. The summed E-state index contributed by atoms with van der Waals surface area (Å²) in [5, 5.41) is 2.96. The monoisotopic (exact) mass is 194 g/mol. The first-order chi connectivity index (χ1) is 6.79. The highest BCUT2D eigenvalue weighted by atomic mass is 19.1. The van der Waals surface area contributed by atoms with Gasteiger partial charge in [-0.1, -0.05) is 0 Å². The van der Waals surface area contributed by atoms with Gasteiger partial charge < -0.3 is 10.2 Å². The van der Waals surface area contributed by atoms with Crippen molar-refractivity contribution < 1.29 is 4.39 Å². The summed E-state index contributed by atoms with van der Waals surface area (Å²) in [5.74, 6) is -0.168. The fourth-order valence-electron chi connectivity index (χ4n) is 1.88. The second-order valence-electron chi connectivity index (χ2n) is 3.64. The van der Waals surface area contributed by atoms with E-state index in [0.717, 1.165) is 24.5 Å². The van der Waals surface area contributed by atoms with Crippen LogP contribution in [0.1, 0.15) is 12.8 Å². The Balaban J connectivity index is 2.27. The van der Waals surface area contributed by atoms with E-state index in [0.29, 0.717) is 0 Å². The lowest BCUT2D eigenvalue weighted by Gasteiger charge is -2.18. The Labute approximate surface area is 83.7 Å². The highest BCUT2D eigenvalue weighted by Gasteiger charge is 2.13. The smallest absolute Gasteiger partial charge is 0.127 e. The van der Waals surface area contributed by atoms with Gasteiger partial charge in [0, 0.05) is 31.5 Å². The first kappa shape index (κ1) is 9.31. The Morgan fingerprint density at radius 1 is 1.21 bits per heavy atom. The molecule has 1 saturated heterocycles. The van der Waals surface area contributed by atoms with E-state index in [1.54, 1.807) is 6.07 Å². The summed E-state index contributed by atoms with van der Waals surface area (Å²) in [7, 11) is 1.81. The Morgan fingerprint density at radius 3 is 2.57 bits per heavy atom. The Hall–Kier alpha value is -1.25. The number of hydrogen-bond acceptors (Lipinski definition) is 2. The summed E-state index contributed by atoms with van der Waals surface area (Å²) in [4.78, 5) is 2.23. The van der Waals surface area contributed by atoms with Crippen LogP contribution in [-0.2, 0) is 0 Å². The van der Waals surface area contributed by atoms with Crippen molar-refractivity contribution in [3.05, 3.63) is 24.0 Å². The van der Waals surface area contributed by atoms with Gasteiger partial charge in [0.2, 0.25) is 0 Å². The van der Waals surface area contributed by atoms with Crippen LogP contribution in [0, 0.1) is 5.82 Å². The van der Waals surface area contributed by atoms with Gasteiger partial charge in [-0.15, -0.1) is 0 Å². The summed E-state index contributed by atoms with van der Waals surface area (Å²) in [6.45, 7) is 2.10. The first-order valence-electron chi connectivity index (χ1n) is 5.03. The molecule has 1 aromatic rings. The molecular formula is C11H15FN2. The van der Waals surface area contributed by atoms with Crippen LogP contribution in [0.15, 0.2) is 18.2 Å². The number of halogens is 1. The van der Waals surface area contributed by atoms with Crippen molar-refractivity contribution in [3.63, 3.8) is 0 Å². The van der Waals surface area contributed by atoms with Gasteiger partial charge in [0.1, 0.15) is 5.82 Å². The zero-order valence-electron chi connectivity index (χ0n) is 8.39. The predicted octanol–water partition coefficient (Wildman–Crippen LogP) is 2.47. The molecule has 3 heteroatoms. The number of rotatable bonds is 2. The summed E-state index contributed by atoms with van der Waals surface area (Å²) in [6.07, 6.45) is 2.43. The van der Waals surface area contributed by atoms with Crippen molar-refractivity contribution in [2.24, 2.45) is 0 Å². The molecule has 1 heterocycles. The number of benzene rings is 1. The van der Waals surface area contributed by atoms with Crippen molar-refractivity contribution in [3.8, 4) is 0 Å². The van der Waals surface area contributed by atoms with Gasteiger partial charge in [0.25, 0.3) is 0 Å². The van der Waals surface area contributed by atoms with E-state index >= 15 is 0 Å². The fourth-order valence-corrected chi connectivity index (χ4v) is 1.88. The van der Waals surface area contributed by atoms with Crippen LogP contribution in [0.25, 0.3) is 0 Å². The highest BCUT2D eigenvalue weighted by molar-refractivity contribution is 5.58. The molecule has 2 rings (SSSR count). The molecular weight excluding hydrogens is 179 g/mol. The second-order valence-corrected chi connectivity index (χ2v) is 3.64. The van der Waals surface area contributed by atoms with Crippen LogP contribution in [0.2, 0.25) is 0 Å². The molecule has 14 heavy (non-hydrogen) atoms. The van der Waals surface area contributed by atoms with Gasteiger partial charge in [0.15, 0.2) is 0 Å². The molecule has 1 fully saturated rings. The van der Waals surface area contributed by atoms with E-state index in [2.05, 4.69) is 10.2 Å². The maximum atomic E-state index is 13.2. The van der Waals surface area contributed by atoms with Crippen LogP contribution in [0.5, 0.6) is 0 Å². The van der Waals surface area contributed by atoms with Crippen LogP contribution in [0.3, 0.4) is 0 Å². The molecule has 0 amide bonds. The summed E-state index contributed by atoms with van der Waals surface area (Å²) in [6, 6.07) is 5.11. The standard InChI is InChI=1S/C11H15FN2/c1-13-10-6-9(12)7-11(8-10)14-4-2-3-5-14/h6-8,13H,2-5H2,1H3. The Kier molecular flexibility index (Phi) is 2.57. The van der Waals surface area contributed by atoms with Crippen LogP contribution in [-0.4, -0.2) is 20.1 Å². The van der Waals surface area contributed by atoms with E-state index in [4.69, 9.17) is 0 Å². The molecule has 1 N–H and O–H groups in total. The third-order valence-corrected chi connectivity index (χ3v) is 2.64. The summed E-state index contributed by atoms with van der Waals surface area (Å²) in [5.41, 5.74) is 1.83. The molecule has 0 atom stereocenters. The average Bonchev–Trinajstić information content (AvgIpc) is 2.69. The SMILES string of the molecule is CNc1cc(F)cc(N2CCCC2)c1. The zero-order chi connectivity index (χ0) is 9.97. The summed E-state index contributed by atoms with van der Waals surface area (Å²) >= 11 is 0. The molecule has 0 radical (unpaired) electrons. The van der Waals surface area contributed by atoms with Crippen LogP contribution in [0.4, 0.5) is 15.8 Å². The molecule has 76 valence electrons. The lowest BCUT2D eigenvalue weighted by atomic mass is 10.2. The third-order valence-electron chi connectivity index (χ3n) is 2.64. The van der Waals surface area contributed by atoms with Crippen molar-refractivity contribution in [2.45, 2.75) is 12.8 Å². The third kappa shape index (κ3) is 1.81. The Morgan fingerprint density at radius 2 is 1.93 bits per heavy atom. The van der Waals surface area contributed by atoms with Crippen molar-refractivity contribution in [2.75, 3.05) is 30.4 Å². The van der Waals surface area contributed by atoms with Gasteiger partial charge in [-0.2, -0.15) is 0 Å². The molecule has 0 unspecified atom stereocenters. The lowest BCUT2D eigenvalue weighted by Crippen LogP contribution is -2.17. The summed E-state index contributed by atoms with van der Waals surface area (Å²) < 4.78 is 13.2. The normalized spacial score (nSPS) is 16.0. The Bertz CT molecular complexity index is 319. The zero-order valence-corrected chi connectivity index (χ0v) is 8.39. The van der Waals surface area contributed by atoms with Gasteiger partial charge >= 0.3 is 0 Å². The lowest BCUT2D eigenvalue weighted by molar-refractivity contribution is 0.628. The maximum Gasteiger partial charge on any atom is 0.127 e. The first-order valence-corrected chi connectivity index (χ1v) is 5.03. The van der Waals surface area contributed by atoms with Crippen LogP contribution < -0.4 is 10.2 Å². The molecule has 0 spiro atoms. The molecule has 1 aliphatic rings. The van der Waals surface area contributed by atoms with E-state index in [1.165, 1.54) is 18.9 Å². The van der Waals surface area contributed by atoms with E-state index in [9.17, 15) is 4.39 Å². The molecule has 0 bridgehead atoms. The maximum absolute atomic E-state index is 13.2. The highest BCUT2D eigenvalue weighted by Crippen LogP contribution is 2.24. The predicted molar refractivity (Wildman–Crippen MR) is 57.4 cm³/mol. The number of anilines is 2. The fraction of sp³-hybridized carbons (Fsp3) is 0.455. The minimum atomic E-state index is -0.168. The van der Waals surface area contributed by atoms with Gasteiger partial charge in [-0.25, -0.2) is 4.39 Å². The van der Waals surface area contributed by atoms with E-state index in [-0.39, 0.29) is 5.82 Å². The van der Waals surface area contributed by atoms with Gasteiger partial charge in [-0.3, -0.25) is 0 Å². The molecule has 1 aliphatic heterocycles. The van der Waals surface area contributed by atoms with Gasteiger partial charge in [0.05, 0.1) is 0 Å². The quantitative estimate of drug-likeness (QED) is 0.778. The largest absolute Gasteiger partial charge is 0.388 e. The molecule has 2 nitrogen and oxygen atoms in total. The minimum absolute atomic E-state index is 0.168. The van der Waals surface area contributed by atoms with Crippen LogP contribution >= 0.6 is 0 Å². The number of nitrogens with one attached hydrogen (secondary N) is 1. The van der Waals surface area contributed by atoms with Crippen molar-refractivity contribution in [1.82, 2.24) is 0 Å². The van der Waals surface area contributed by atoms with Crippen molar-refractivity contribution >= 4 is 11.4 Å². The molecule has 0 aliphatic carbocycles. The average molecular weight is 194 g/mol. The van der Waals surface area contributed by atoms with Gasteiger partial charge in [-0.05, 0) is 31.0 Å². The topological polar surface area (TPSA) is 15.3 Å². The number of hydrogen-bond donors (Lipinski definition) is 1. The van der Waals surface area contributed by atoms with Crippen molar-refractivity contribution in [1.29, 1.82) is 0 Å². The second kappa shape index (κ2) is 3.86. The van der Waals surface area contributed by atoms with E-state index < -0.39 is 0 Å². The molecule has 1 aromatic carbocycles. The minimum Gasteiger partial charge on any atom is -0.388 e.